The lowest BCUT2D eigenvalue weighted by Crippen LogP contribution is -2.44. The summed E-state index contributed by atoms with van der Waals surface area (Å²) in [5.41, 5.74) is 3.88. The van der Waals surface area contributed by atoms with E-state index in [0.29, 0.717) is 6.54 Å². The Morgan fingerprint density at radius 2 is 1.89 bits per heavy atom. The van der Waals surface area contributed by atoms with Gasteiger partial charge < -0.3 is 10.0 Å². The van der Waals surface area contributed by atoms with Crippen LogP contribution in [-0.4, -0.2) is 70.0 Å². The van der Waals surface area contributed by atoms with Gasteiger partial charge in [0.1, 0.15) is 22.9 Å². The van der Waals surface area contributed by atoms with Gasteiger partial charge in [0, 0.05) is 25.6 Å². The van der Waals surface area contributed by atoms with Crippen molar-refractivity contribution in [3.8, 4) is 0 Å². The van der Waals surface area contributed by atoms with Gasteiger partial charge in [0.15, 0.2) is 0 Å². The van der Waals surface area contributed by atoms with Crippen molar-refractivity contribution in [2.75, 3.05) is 32.7 Å². The minimum absolute atomic E-state index is 0.0182. The van der Waals surface area contributed by atoms with E-state index in [9.17, 15) is 14.3 Å². The van der Waals surface area contributed by atoms with Crippen molar-refractivity contribution in [3.05, 3.63) is 59.4 Å². The Labute approximate surface area is 224 Å². The van der Waals surface area contributed by atoms with Crippen LogP contribution in [0.2, 0.25) is 0 Å². The molecule has 0 saturated carbocycles. The number of piperidine rings is 1. The number of hydrogen-bond acceptors (Lipinski definition) is 6. The summed E-state index contributed by atoms with van der Waals surface area (Å²) < 4.78 is 18.9. The number of likely N-dealkylation sites (tertiary alicyclic amines) is 2. The molecule has 0 spiro atoms. The summed E-state index contributed by atoms with van der Waals surface area (Å²) in [7, 11) is 0. The van der Waals surface area contributed by atoms with E-state index in [0.717, 1.165) is 61.5 Å². The highest BCUT2D eigenvalue weighted by atomic mass is 19.1. The molecule has 2 saturated heterocycles. The minimum Gasteiger partial charge on any atom is -0.480 e. The van der Waals surface area contributed by atoms with Gasteiger partial charge in [-0.1, -0.05) is 38.5 Å². The first-order valence-corrected chi connectivity index (χ1v) is 14.0. The van der Waals surface area contributed by atoms with E-state index in [4.69, 9.17) is 4.63 Å². The first-order chi connectivity index (χ1) is 18.4. The van der Waals surface area contributed by atoms with Gasteiger partial charge in [0.05, 0.1) is 0 Å². The van der Waals surface area contributed by atoms with E-state index in [1.807, 2.05) is 26.0 Å². The Bertz CT molecular complexity index is 1220. The molecule has 0 unspecified atom stereocenters. The molecule has 0 bridgehead atoms. The van der Waals surface area contributed by atoms with E-state index in [2.05, 4.69) is 32.2 Å². The fourth-order valence-electron chi connectivity index (χ4n) is 6.66. The smallest absolute Gasteiger partial charge is 0.321 e. The van der Waals surface area contributed by atoms with Gasteiger partial charge in [-0.15, -0.1) is 0 Å². The zero-order valence-electron chi connectivity index (χ0n) is 22.4. The highest BCUT2D eigenvalue weighted by molar-refractivity contribution is 5.74. The minimum atomic E-state index is -0.767. The summed E-state index contributed by atoms with van der Waals surface area (Å²) in [6, 6.07) is 12.5. The largest absolute Gasteiger partial charge is 0.480 e. The normalized spacial score (nSPS) is 22.4. The van der Waals surface area contributed by atoms with Crippen LogP contribution in [0.15, 0.2) is 47.1 Å². The molecular formula is C30H39FN4O3. The second-order valence-electron chi connectivity index (χ2n) is 11.6. The number of rotatable bonds is 10. The van der Waals surface area contributed by atoms with Gasteiger partial charge in [0.25, 0.3) is 0 Å². The van der Waals surface area contributed by atoms with Crippen molar-refractivity contribution in [2.24, 2.45) is 17.8 Å². The maximum absolute atomic E-state index is 14.1. The second-order valence-corrected chi connectivity index (χ2v) is 11.6. The fraction of sp³-hybridized carbons (Fsp3) is 0.567. The van der Waals surface area contributed by atoms with Crippen molar-refractivity contribution < 1.29 is 18.9 Å². The summed E-state index contributed by atoms with van der Waals surface area (Å²) in [6.45, 7) is 8.41. The van der Waals surface area contributed by atoms with Crippen molar-refractivity contribution in [2.45, 2.75) is 57.9 Å². The Hall–Kier alpha value is -2.84. The molecule has 204 valence electrons. The SMILES string of the molecule is CC(C)[C@H](C(=O)O)N1C[C@H](CN2CCC(CCCc3ccc4nonc4c3)CC2)[C@@H](c2cccc(F)c2)C1. The topological polar surface area (TPSA) is 82.7 Å². The molecule has 0 radical (unpaired) electrons. The molecule has 0 aliphatic carbocycles. The average Bonchev–Trinajstić information content (AvgIpc) is 3.51. The van der Waals surface area contributed by atoms with E-state index in [1.54, 1.807) is 12.1 Å². The summed E-state index contributed by atoms with van der Waals surface area (Å²) in [5, 5.41) is 17.7. The first-order valence-electron chi connectivity index (χ1n) is 14.0. The molecule has 5 rings (SSSR count). The number of hydrogen-bond donors (Lipinski definition) is 1. The molecule has 3 aromatic rings. The van der Waals surface area contributed by atoms with Gasteiger partial charge in [0.2, 0.25) is 0 Å². The Morgan fingerprint density at radius 3 is 2.63 bits per heavy atom. The standard InChI is InChI=1S/C30H39FN4O3/c1-20(2)29(30(36)37)35-18-24(26(19-35)23-7-4-8-25(31)16-23)17-34-13-11-21(12-14-34)5-3-6-22-9-10-27-28(15-22)33-38-32-27/h4,7-10,15-16,20-21,24,26,29H,3,5-6,11-14,17-19H2,1-2H3,(H,36,37)/t24-,26+,29+/m0/s1. The van der Waals surface area contributed by atoms with Crippen molar-refractivity contribution in [3.63, 3.8) is 0 Å². The predicted molar refractivity (Wildman–Crippen MR) is 144 cm³/mol. The molecule has 7 nitrogen and oxygen atoms in total. The van der Waals surface area contributed by atoms with Crippen molar-refractivity contribution in [1.82, 2.24) is 20.1 Å². The number of carboxylic acids is 1. The molecule has 2 fully saturated rings. The van der Waals surface area contributed by atoms with Crippen LogP contribution in [0.25, 0.3) is 11.0 Å². The maximum Gasteiger partial charge on any atom is 0.321 e. The third kappa shape index (κ3) is 6.24. The number of fused-ring (bicyclic) bond motifs is 1. The average molecular weight is 523 g/mol. The summed E-state index contributed by atoms with van der Waals surface area (Å²) in [5.74, 6) is 0.190. The van der Waals surface area contributed by atoms with Gasteiger partial charge in [-0.05, 0) is 102 Å². The molecule has 3 heterocycles. The van der Waals surface area contributed by atoms with Gasteiger partial charge >= 0.3 is 5.97 Å². The van der Waals surface area contributed by atoms with Crippen molar-refractivity contribution >= 4 is 17.0 Å². The Kier molecular flexibility index (Phi) is 8.39. The lowest BCUT2D eigenvalue weighted by Gasteiger charge is -2.35. The van der Waals surface area contributed by atoms with Crippen LogP contribution in [0.3, 0.4) is 0 Å². The maximum atomic E-state index is 14.1. The van der Waals surface area contributed by atoms with Crippen LogP contribution in [-0.2, 0) is 11.2 Å². The van der Waals surface area contributed by atoms with E-state index < -0.39 is 12.0 Å². The third-order valence-electron chi connectivity index (χ3n) is 8.62. The van der Waals surface area contributed by atoms with Crippen LogP contribution in [0.1, 0.15) is 56.6 Å². The number of benzene rings is 2. The molecule has 1 aromatic heterocycles. The first kappa shape index (κ1) is 26.8. The van der Waals surface area contributed by atoms with Crippen LogP contribution in [0, 0.1) is 23.6 Å². The van der Waals surface area contributed by atoms with Crippen LogP contribution < -0.4 is 0 Å². The summed E-state index contributed by atoms with van der Waals surface area (Å²) in [4.78, 5) is 16.7. The lowest BCUT2D eigenvalue weighted by atomic mass is 9.86. The number of carboxylic acid groups (broad SMARTS) is 1. The summed E-state index contributed by atoms with van der Waals surface area (Å²) >= 11 is 0. The van der Waals surface area contributed by atoms with E-state index in [-0.39, 0.29) is 23.6 Å². The van der Waals surface area contributed by atoms with Crippen LogP contribution in [0.4, 0.5) is 4.39 Å². The highest BCUT2D eigenvalue weighted by Gasteiger charge is 2.41. The summed E-state index contributed by atoms with van der Waals surface area (Å²) in [6.07, 6.45) is 5.80. The van der Waals surface area contributed by atoms with Gasteiger partial charge in [-0.25, -0.2) is 9.02 Å². The highest BCUT2D eigenvalue weighted by Crippen LogP contribution is 2.36. The molecule has 1 N–H and O–H groups in total. The molecule has 2 aromatic carbocycles. The Balaban J connectivity index is 1.15. The number of halogens is 1. The number of aromatic nitrogens is 2. The van der Waals surface area contributed by atoms with E-state index >= 15 is 0 Å². The van der Waals surface area contributed by atoms with Crippen LogP contribution in [0.5, 0.6) is 0 Å². The Morgan fingerprint density at radius 1 is 1.11 bits per heavy atom. The molecule has 38 heavy (non-hydrogen) atoms. The van der Waals surface area contributed by atoms with Gasteiger partial charge in [-0.2, -0.15) is 0 Å². The molecule has 2 aliphatic rings. The molecular weight excluding hydrogens is 483 g/mol. The monoisotopic (exact) mass is 522 g/mol. The number of carbonyl (C=O) groups is 1. The third-order valence-corrected chi connectivity index (χ3v) is 8.62. The number of aliphatic carboxylic acids is 1. The lowest BCUT2D eigenvalue weighted by molar-refractivity contribution is -0.144. The van der Waals surface area contributed by atoms with Gasteiger partial charge in [-0.3, -0.25) is 9.69 Å². The fourth-order valence-corrected chi connectivity index (χ4v) is 6.66. The molecule has 8 heteroatoms. The van der Waals surface area contributed by atoms with E-state index in [1.165, 1.54) is 30.9 Å². The molecule has 0 amide bonds. The van der Waals surface area contributed by atoms with Crippen LogP contribution >= 0.6 is 0 Å². The quantitative estimate of drug-likeness (QED) is 0.391. The zero-order valence-corrected chi connectivity index (χ0v) is 22.4. The molecule has 2 aliphatic heterocycles. The number of nitrogens with zero attached hydrogens (tertiary/aromatic N) is 4. The van der Waals surface area contributed by atoms with Crippen molar-refractivity contribution in [1.29, 1.82) is 0 Å². The molecule has 3 atom stereocenters. The second kappa shape index (κ2) is 11.9. The number of aryl methyl sites for hydroxylation is 1. The predicted octanol–water partition coefficient (Wildman–Crippen LogP) is 5.22. The zero-order chi connectivity index (χ0) is 26.6.